The van der Waals surface area contributed by atoms with Crippen LogP contribution in [0.15, 0.2) is 24.3 Å². The molecule has 0 unspecified atom stereocenters. The maximum Gasteiger partial charge on any atom is 0.305 e. The molecular formula is C38H69NO4. The van der Waals surface area contributed by atoms with Crippen molar-refractivity contribution in [3.05, 3.63) is 24.3 Å². The van der Waals surface area contributed by atoms with E-state index in [1.807, 2.05) is 0 Å². The first-order valence-corrected chi connectivity index (χ1v) is 18.4. The largest absolute Gasteiger partial charge is 0.465 e. The van der Waals surface area contributed by atoms with Crippen molar-refractivity contribution in [2.24, 2.45) is 5.41 Å². The van der Waals surface area contributed by atoms with Gasteiger partial charge in [-0.2, -0.15) is 0 Å². The number of allylic oxidation sites excluding steroid dienone is 4. The molecule has 0 atom stereocenters. The number of hydrogen-bond acceptors (Lipinski definition) is 5. The molecule has 1 aliphatic heterocycles. The van der Waals surface area contributed by atoms with Crippen molar-refractivity contribution in [2.75, 3.05) is 26.3 Å². The van der Waals surface area contributed by atoms with E-state index in [-0.39, 0.29) is 17.4 Å². The van der Waals surface area contributed by atoms with Gasteiger partial charge in [0.25, 0.3) is 0 Å². The molecule has 1 fully saturated rings. The number of hydrogen-bond donors (Lipinski definition) is 1. The molecule has 250 valence electrons. The minimum absolute atomic E-state index is 0.119. The fraction of sp³-hybridized carbons (Fsp3) is 0.842. The van der Waals surface area contributed by atoms with Gasteiger partial charge < -0.3 is 14.8 Å². The van der Waals surface area contributed by atoms with Gasteiger partial charge in [-0.05, 0) is 77.2 Å². The van der Waals surface area contributed by atoms with E-state index in [0.717, 1.165) is 45.2 Å². The minimum atomic E-state index is -0.279. The van der Waals surface area contributed by atoms with Gasteiger partial charge in [0.1, 0.15) is 13.2 Å². The lowest BCUT2D eigenvalue weighted by Crippen LogP contribution is -2.36. The summed E-state index contributed by atoms with van der Waals surface area (Å²) >= 11 is 0. The van der Waals surface area contributed by atoms with Gasteiger partial charge in [-0.15, -0.1) is 0 Å². The lowest BCUT2D eigenvalue weighted by Gasteiger charge is -2.27. The quantitative estimate of drug-likeness (QED) is 0.0503. The van der Waals surface area contributed by atoms with Gasteiger partial charge in [0.15, 0.2) is 0 Å². The summed E-state index contributed by atoms with van der Waals surface area (Å²) in [7, 11) is 0. The van der Waals surface area contributed by atoms with Gasteiger partial charge >= 0.3 is 11.9 Å². The molecule has 0 aromatic rings. The van der Waals surface area contributed by atoms with Crippen molar-refractivity contribution in [2.45, 2.75) is 174 Å². The fourth-order valence-corrected chi connectivity index (χ4v) is 5.67. The van der Waals surface area contributed by atoms with Crippen LogP contribution in [0.5, 0.6) is 0 Å². The Labute approximate surface area is 266 Å². The first-order chi connectivity index (χ1) is 21.1. The number of nitrogens with one attached hydrogen (secondary N) is 1. The van der Waals surface area contributed by atoms with Crippen LogP contribution < -0.4 is 5.32 Å². The molecule has 0 aromatic heterocycles. The SMILES string of the molecule is CCCCCC/C=C\CCCCCCCC(=O)OCC1(COC(=O)CCCCCCC/C=C\CCCCCC)CCNC1. The highest BCUT2D eigenvalue weighted by Crippen LogP contribution is 2.27. The van der Waals surface area contributed by atoms with Crippen LogP contribution in [0, 0.1) is 5.41 Å². The lowest BCUT2D eigenvalue weighted by atomic mass is 9.89. The highest BCUT2D eigenvalue weighted by molar-refractivity contribution is 5.69. The highest BCUT2D eigenvalue weighted by atomic mass is 16.5. The molecule has 1 heterocycles. The second-order valence-corrected chi connectivity index (χ2v) is 13.0. The smallest absolute Gasteiger partial charge is 0.305 e. The van der Waals surface area contributed by atoms with Gasteiger partial charge in [0.2, 0.25) is 0 Å². The Morgan fingerprint density at radius 2 is 0.930 bits per heavy atom. The Bertz CT molecular complexity index is 657. The Morgan fingerprint density at radius 1 is 0.558 bits per heavy atom. The monoisotopic (exact) mass is 604 g/mol. The van der Waals surface area contributed by atoms with Crippen molar-refractivity contribution in [3.63, 3.8) is 0 Å². The molecule has 1 N–H and O–H groups in total. The van der Waals surface area contributed by atoms with E-state index < -0.39 is 0 Å². The van der Waals surface area contributed by atoms with Crippen LogP contribution in [0.1, 0.15) is 174 Å². The molecule has 43 heavy (non-hydrogen) atoms. The molecule has 0 bridgehead atoms. The van der Waals surface area contributed by atoms with E-state index in [9.17, 15) is 9.59 Å². The van der Waals surface area contributed by atoms with Crippen LogP contribution in [0.3, 0.4) is 0 Å². The van der Waals surface area contributed by atoms with E-state index in [2.05, 4.69) is 43.5 Å². The van der Waals surface area contributed by atoms with Crippen molar-refractivity contribution < 1.29 is 19.1 Å². The van der Waals surface area contributed by atoms with Gasteiger partial charge in [0.05, 0.1) is 5.41 Å². The number of esters is 2. The third-order valence-electron chi connectivity index (χ3n) is 8.70. The summed E-state index contributed by atoms with van der Waals surface area (Å²) in [4.78, 5) is 24.7. The van der Waals surface area contributed by atoms with Crippen LogP contribution in [0.4, 0.5) is 0 Å². The Morgan fingerprint density at radius 3 is 1.30 bits per heavy atom. The average molecular weight is 604 g/mol. The second kappa shape index (κ2) is 29.1. The van der Waals surface area contributed by atoms with Crippen molar-refractivity contribution >= 4 is 11.9 Å². The summed E-state index contributed by atoms with van der Waals surface area (Å²) in [6.07, 6.45) is 37.9. The molecule has 1 aliphatic rings. The van der Waals surface area contributed by atoms with Crippen molar-refractivity contribution in [1.82, 2.24) is 5.32 Å². The van der Waals surface area contributed by atoms with E-state index in [0.29, 0.717) is 26.1 Å². The average Bonchev–Trinajstić information content (AvgIpc) is 3.49. The molecule has 1 saturated heterocycles. The Hall–Kier alpha value is -1.62. The molecule has 0 aromatic carbocycles. The van der Waals surface area contributed by atoms with E-state index in [1.54, 1.807) is 0 Å². The molecule has 0 saturated carbocycles. The maximum atomic E-state index is 12.4. The molecule has 5 nitrogen and oxygen atoms in total. The van der Waals surface area contributed by atoms with Crippen LogP contribution in [0.25, 0.3) is 0 Å². The summed E-state index contributed by atoms with van der Waals surface area (Å²) < 4.78 is 11.3. The van der Waals surface area contributed by atoms with Crippen molar-refractivity contribution in [1.29, 1.82) is 0 Å². The van der Waals surface area contributed by atoms with Gasteiger partial charge in [-0.3, -0.25) is 9.59 Å². The maximum absolute atomic E-state index is 12.4. The summed E-state index contributed by atoms with van der Waals surface area (Å²) in [5, 5.41) is 3.36. The number of ether oxygens (including phenoxy) is 2. The van der Waals surface area contributed by atoms with Crippen LogP contribution in [-0.2, 0) is 19.1 Å². The third kappa shape index (κ3) is 24.4. The van der Waals surface area contributed by atoms with E-state index in [4.69, 9.17) is 9.47 Å². The zero-order valence-corrected chi connectivity index (χ0v) is 28.4. The summed E-state index contributed by atoms with van der Waals surface area (Å²) in [6, 6.07) is 0. The van der Waals surface area contributed by atoms with E-state index >= 15 is 0 Å². The Balaban J connectivity index is 2.03. The third-order valence-corrected chi connectivity index (χ3v) is 8.70. The van der Waals surface area contributed by atoms with Crippen LogP contribution in [-0.4, -0.2) is 38.2 Å². The first kappa shape index (κ1) is 39.4. The number of carbonyl (C=O) groups is 2. The summed E-state index contributed by atoms with van der Waals surface area (Å²) in [5.74, 6) is -0.239. The molecule has 0 amide bonds. The molecule has 0 spiro atoms. The summed E-state index contributed by atoms with van der Waals surface area (Å²) in [5.41, 5.74) is -0.279. The van der Waals surface area contributed by atoms with Gasteiger partial charge in [0, 0.05) is 19.4 Å². The Kier molecular flexibility index (Phi) is 26.7. The normalized spacial score (nSPS) is 14.7. The first-order valence-electron chi connectivity index (χ1n) is 18.4. The molecule has 0 radical (unpaired) electrons. The second-order valence-electron chi connectivity index (χ2n) is 13.0. The van der Waals surface area contributed by atoms with Crippen molar-refractivity contribution in [3.8, 4) is 0 Å². The molecule has 5 heteroatoms. The van der Waals surface area contributed by atoms with Crippen LogP contribution >= 0.6 is 0 Å². The van der Waals surface area contributed by atoms with Gasteiger partial charge in [-0.1, -0.05) is 115 Å². The fourth-order valence-electron chi connectivity index (χ4n) is 5.67. The molecule has 1 rings (SSSR count). The minimum Gasteiger partial charge on any atom is -0.465 e. The molecular weight excluding hydrogens is 534 g/mol. The topological polar surface area (TPSA) is 64.6 Å². The highest BCUT2D eigenvalue weighted by Gasteiger charge is 2.37. The van der Waals surface area contributed by atoms with Gasteiger partial charge in [-0.25, -0.2) is 0 Å². The number of carbonyl (C=O) groups excluding carboxylic acids is 2. The summed E-state index contributed by atoms with van der Waals surface area (Å²) in [6.45, 7) is 6.78. The zero-order valence-electron chi connectivity index (χ0n) is 28.4. The predicted octanol–water partition coefficient (Wildman–Crippen LogP) is 10.6. The standard InChI is InChI=1S/C38H69NO4/c1-3-5-7-9-11-13-15-17-19-21-23-25-27-29-36(40)42-34-38(31-32-39-33-38)35-43-37(41)30-28-26-24-22-20-18-16-14-12-10-8-6-4-2/h13-16,39H,3-12,17-35H2,1-2H3/b15-13-,16-14-. The number of unbranched alkanes of at least 4 members (excludes halogenated alkanes) is 18. The zero-order chi connectivity index (χ0) is 31.1. The van der Waals surface area contributed by atoms with E-state index in [1.165, 1.54) is 116 Å². The predicted molar refractivity (Wildman–Crippen MR) is 182 cm³/mol. The lowest BCUT2D eigenvalue weighted by molar-refractivity contribution is -0.153. The van der Waals surface area contributed by atoms with Crippen LogP contribution in [0.2, 0.25) is 0 Å². The molecule has 0 aliphatic carbocycles. The number of rotatable bonds is 30.